The quantitative estimate of drug-likeness (QED) is 0.0261. The molecule has 0 fully saturated rings. The molecule has 0 saturated carbocycles. The van der Waals surface area contributed by atoms with Gasteiger partial charge in [0.05, 0.1) is 0 Å². The first-order valence-electron chi connectivity index (χ1n) is 34.8. The Balaban J connectivity index is 4.06. The molecule has 77 heavy (non-hydrogen) atoms. The van der Waals surface area contributed by atoms with E-state index in [1.54, 1.807) is 0 Å². The van der Waals surface area contributed by atoms with Crippen LogP contribution in [-0.2, 0) is 28.6 Å². The Morgan fingerprint density at radius 3 is 0.701 bits per heavy atom. The third kappa shape index (κ3) is 64.6. The Labute approximate surface area is 481 Å². The molecule has 0 aromatic carbocycles. The lowest BCUT2D eigenvalue weighted by atomic mass is 10.0. The van der Waals surface area contributed by atoms with Crippen molar-refractivity contribution < 1.29 is 28.6 Å². The zero-order chi connectivity index (χ0) is 55.7. The van der Waals surface area contributed by atoms with E-state index >= 15 is 0 Å². The van der Waals surface area contributed by atoms with Crippen LogP contribution >= 0.6 is 0 Å². The Hall–Kier alpha value is -2.11. The summed E-state index contributed by atoms with van der Waals surface area (Å²) in [6.45, 7) is 6.64. The number of carbonyl (C=O) groups is 3. The summed E-state index contributed by atoms with van der Waals surface area (Å²) in [5.74, 6) is -0.850. The minimum atomic E-state index is -0.770. The first kappa shape index (κ1) is 74.9. The zero-order valence-corrected chi connectivity index (χ0v) is 52.3. The van der Waals surface area contributed by atoms with Crippen molar-refractivity contribution in [2.75, 3.05) is 13.2 Å². The van der Waals surface area contributed by atoms with Gasteiger partial charge in [-0.3, -0.25) is 14.4 Å². The van der Waals surface area contributed by atoms with Crippen LogP contribution in [0.4, 0.5) is 0 Å². The van der Waals surface area contributed by atoms with E-state index in [1.165, 1.54) is 283 Å². The SMILES string of the molecule is CCC/C=C\CCCCCCCC(=O)OCC(COC(=O)CCCCCCCCCCCCCCCCCCCCC/C=C\CCCCCCCCCC)OC(=O)CCCCCCCCCCCCCCCCCCCC. The van der Waals surface area contributed by atoms with Crippen LogP contribution in [0.2, 0.25) is 0 Å². The fraction of sp³-hybridized carbons (Fsp3) is 0.901. The Morgan fingerprint density at radius 2 is 0.455 bits per heavy atom. The van der Waals surface area contributed by atoms with Gasteiger partial charge in [-0.25, -0.2) is 0 Å². The summed E-state index contributed by atoms with van der Waals surface area (Å²) in [7, 11) is 0. The van der Waals surface area contributed by atoms with Gasteiger partial charge >= 0.3 is 17.9 Å². The molecule has 0 rings (SSSR count). The van der Waals surface area contributed by atoms with Crippen LogP contribution in [0.5, 0.6) is 0 Å². The van der Waals surface area contributed by atoms with Gasteiger partial charge in [0.2, 0.25) is 0 Å². The average molecular weight is 1080 g/mol. The number of esters is 3. The maximum atomic E-state index is 12.9. The highest BCUT2D eigenvalue weighted by Crippen LogP contribution is 2.19. The molecule has 0 radical (unpaired) electrons. The van der Waals surface area contributed by atoms with E-state index in [4.69, 9.17) is 14.2 Å². The number of hydrogen-bond donors (Lipinski definition) is 0. The van der Waals surface area contributed by atoms with E-state index in [2.05, 4.69) is 45.1 Å². The van der Waals surface area contributed by atoms with Crippen molar-refractivity contribution in [2.24, 2.45) is 0 Å². The van der Waals surface area contributed by atoms with Gasteiger partial charge < -0.3 is 14.2 Å². The lowest BCUT2D eigenvalue weighted by Gasteiger charge is -2.18. The largest absolute Gasteiger partial charge is 0.462 e. The second kappa shape index (κ2) is 66.4. The standard InChI is InChI=1S/C71H134O6/c1-4-7-10-13-16-19-22-24-26-28-30-31-32-33-34-35-36-37-38-39-40-41-42-44-45-47-49-52-55-58-61-64-70(73)76-67-68(66-75-69(72)63-60-57-54-51-21-18-15-12-9-6-3)77-71(74)65-62-59-56-53-50-48-46-43-29-27-25-23-20-17-14-11-8-5-2/h12,15,28,30,68H,4-11,13-14,16-27,29,31-67H2,1-3H3/b15-12-,30-28-. The van der Waals surface area contributed by atoms with Crippen LogP contribution in [0.3, 0.4) is 0 Å². The molecule has 0 aliphatic carbocycles. The van der Waals surface area contributed by atoms with Crippen molar-refractivity contribution in [1.82, 2.24) is 0 Å². The Kier molecular flexibility index (Phi) is 64.6. The van der Waals surface area contributed by atoms with E-state index in [0.29, 0.717) is 19.3 Å². The molecule has 0 aromatic rings. The number of carbonyl (C=O) groups excluding carboxylic acids is 3. The monoisotopic (exact) mass is 1080 g/mol. The Bertz CT molecular complexity index is 1240. The van der Waals surface area contributed by atoms with Gasteiger partial charge in [0.25, 0.3) is 0 Å². The number of rotatable bonds is 65. The zero-order valence-electron chi connectivity index (χ0n) is 52.3. The summed E-state index contributed by atoms with van der Waals surface area (Å²) in [4.78, 5) is 38.3. The third-order valence-electron chi connectivity index (χ3n) is 15.9. The van der Waals surface area contributed by atoms with Crippen molar-refractivity contribution in [3.63, 3.8) is 0 Å². The highest BCUT2D eigenvalue weighted by Gasteiger charge is 2.19. The van der Waals surface area contributed by atoms with Crippen molar-refractivity contribution in [1.29, 1.82) is 0 Å². The molecule has 0 aromatic heterocycles. The Morgan fingerprint density at radius 1 is 0.247 bits per heavy atom. The van der Waals surface area contributed by atoms with Gasteiger partial charge in [-0.1, -0.05) is 334 Å². The first-order chi connectivity index (χ1) is 38.0. The van der Waals surface area contributed by atoms with Gasteiger partial charge in [0.1, 0.15) is 13.2 Å². The van der Waals surface area contributed by atoms with Crippen LogP contribution in [0.15, 0.2) is 24.3 Å². The summed E-state index contributed by atoms with van der Waals surface area (Å²) >= 11 is 0. The molecule has 1 unspecified atom stereocenters. The van der Waals surface area contributed by atoms with E-state index in [-0.39, 0.29) is 31.1 Å². The second-order valence-corrected chi connectivity index (χ2v) is 23.8. The fourth-order valence-corrected chi connectivity index (χ4v) is 10.7. The number of allylic oxidation sites excluding steroid dienone is 4. The maximum Gasteiger partial charge on any atom is 0.306 e. The number of ether oxygens (including phenoxy) is 3. The summed E-state index contributed by atoms with van der Waals surface area (Å²) in [6, 6.07) is 0. The van der Waals surface area contributed by atoms with Crippen LogP contribution in [0, 0.1) is 0 Å². The van der Waals surface area contributed by atoms with E-state index in [1.807, 2.05) is 0 Å². The molecule has 0 saturated heterocycles. The highest BCUT2D eigenvalue weighted by atomic mass is 16.6. The topological polar surface area (TPSA) is 78.9 Å². The maximum absolute atomic E-state index is 12.9. The molecular weight excluding hydrogens is 949 g/mol. The molecule has 0 aliphatic heterocycles. The van der Waals surface area contributed by atoms with Gasteiger partial charge in [0, 0.05) is 19.3 Å². The molecular formula is C71H134O6. The van der Waals surface area contributed by atoms with Crippen molar-refractivity contribution in [2.45, 2.75) is 399 Å². The minimum Gasteiger partial charge on any atom is -0.462 e. The van der Waals surface area contributed by atoms with Gasteiger partial charge in [-0.2, -0.15) is 0 Å². The molecule has 6 nitrogen and oxygen atoms in total. The summed E-state index contributed by atoms with van der Waals surface area (Å²) in [5, 5.41) is 0. The average Bonchev–Trinajstić information content (AvgIpc) is 3.43. The molecule has 6 heteroatoms. The molecule has 0 aliphatic rings. The molecule has 0 amide bonds. The molecule has 1 atom stereocenters. The second-order valence-electron chi connectivity index (χ2n) is 23.8. The molecule has 0 N–H and O–H groups in total. The van der Waals surface area contributed by atoms with Crippen LogP contribution < -0.4 is 0 Å². The van der Waals surface area contributed by atoms with Crippen LogP contribution in [0.25, 0.3) is 0 Å². The summed E-state index contributed by atoms with van der Waals surface area (Å²) in [5.41, 5.74) is 0. The van der Waals surface area contributed by atoms with E-state index < -0.39 is 6.10 Å². The molecule has 454 valence electrons. The summed E-state index contributed by atoms with van der Waals surface area (Å²) < 4.78 is 16.9. The predicted octanol–water partition coefficient (Wildman–Crippen LogP) is 23.8. The molecule has 0 bridgehead atoms. The van der Waals surface area contributed by atoms with Crippen molar-refractivity contribution in [3.8, 4) is 0 Å². The minimum absolute atomic E-state index is 0.0677. The van der Waals surface area contributed by atoms with Gasteiger partial charge in [-0.05, 0) is 64.2 Å². The normalized spacial score (nSPS) is 12.1. The predicted molar refractivity (Wildman–Crippen MR) is 335 cm³/mol. The van der Waals surface area contributed by atoms with Crippen molar-refractivity contribution in [3.05, 3.63) is 24.3 Å². The third-order valence-corrected chi connectivity index (χ3v) is 15.9. The molecule has 0 spiro atoms. The molecule has 0 heterocycles. The van der Waals surface area contributed by atoms with Crippen LogP contribution in [-0.4, -0.2) is 37.2 Å². The number of unbranched alkanes of at least 4 members (excludes halogenated alkanes) is 50. The van der Waals surface area contributed by atoms with E-state index in [0.717, 1.165) is 70.6 Å². The van der Waals surface area contributed by atoms with Gasteiger partial charge in [-0.15, -0.1) is 0 Å². The number of hydrogen-bond acceptors (Lipinski definition) is 6. The van der Waals surface area contributed by atoms with E-state index in [9.17, 15) is 14.4 Å². The lowest BCUT2D eigenvalue weighted by Crippen LogP contribution is -2.30. The smallest absolute Gasteiger partial charge is 0.306 e. The fourth-order valence-electron chi connectivity index (χ4n) is 10.7. The van der Waals surface area contributed by atoms with Crippen molar-refractivity contribution >= 4 is 17.9 Å². The first-order valence-corrected chi connectivity index (χ1v) is 34.8. The summed E-state index contributed by atoms with van der Waals surface area (Å²) in [6.07, 6.45) is 80.9. The van der Waals surface area contributed by atoms with Gasteiger partial charge in [0.15, 0.2) is 6.10 Å². The van der Waals surface area contributed by atoms with Crippen LogP contribution in [0.1, 0.15) is 393 Å². The highest BCUT2D eigenvalue weighted by molar-refractivity contribution is 5.71. The lowest BCUT2D eigenvalue weighted by molar-refractivity contribution is -0.167.